The largest absolute Gasteiger partial charge is 0.495 e. The van der Waals surface area contributed by atoms with Crippen molar-refractivity contribution in [1.29, 1.82) is 0 Å². The quantitative estimate of drug-likeness (QED) is 0.873. The van der Waals surface area contributed by atoms with E-state index in [0.717, 1.165) is 14.6 Å². The van der Waals surface area contributed by atoms with Crippen LogP contribution in [0.25, 0.3) is 5.69 Å². The number of aromatic nitrogens is 2. The van der Waals surface area contributed by atoms with Gasteiger partial charge in [-0.3, -0.25) is 0 Å². The second-order valence-corrected chi connectivity index (χ2v) is 5.53. The topological polar surface area (TPSA) is 64.4 Å². The van der Waals surface area contributed by atoms with Gasteiger partial charge >= 0.3 is 5.97 Å². The van der Waals surface area contributed by atoms with E-state index in [0.29, 0.717) is 11.4 Å². The van der Waals surface area contributed by atoms with Crippen LogP contribution in [0.2, 0.25) is 0 Å². The molecule has 0 unspecified atom stereocenters. The molecule has 7 heteroatoms. The smallest absolute Gasteiger partial charge is 0.356 e. The molecule has 0 atom stereocenters. The predicted molar refractivity (Wildman–Crippen MR) is 77.2 cm³/mol. The van der Waals surface area contributed by atoms with Crippen LogP contribution in [0.15, 0.2) is 27.1 Å². The Morgan fingerprint density at radius 1 is 1.32 bits per heavy atom. The molecule has 0 spiro atoms. The van der Waals surface area contributed by atoms with Gasteiger partial charge < -0.3 is 9.84 Å². The third-order valence-corrected chi connectivity index (χ3v) is 3.81. The Morgan fingerprint density at radius 2 is 2.00 bits per heavy atom. The summed E-state index contributed by atoms with van der Waals surface area (Å²) in [5.74, 6) is -0.410. The Kier molecular flexibility index (Phi) is 3.96. The Morgan fingerprint density at radius 3 is 2.53 bits per heavy atom. The normalized spacial score (nSPS) is 10.5. The molecule has 0 bridgehead atoms. The fourth-order valence-electron chi connectivity index (χ4n) is 1.66. The first-order valence-corrected chi connectivity index (χ1v) is 6.86. The van der Waals surface area contributed by atoms with E-state index in [1.807, 2.05) is 6.07 Å². The van der Waals surface area contributed by atoms with Gasteiger partial charge in [-0.15, -0.1) is 0 Å². The molecule has 19 heavy (non-hydrogen) atoms. The molecule has 0 saturated carbocycles. The number of nitrogens with zero attached hydrogens (tertiary/aromatic N) is 2. The number of carboxylic acid groups (broad SMARTS) is 1. The van der Waals surface area contributed by atoms with Gasteiger partial charge in [0.25, 0.3) is 0 Å². The Balaban J connectivity index is 2.61. The van der Waals surface area contributed by atoms with E-state index in [-0.39, 0.29) is 5.69 Å². The third kappa shape index (κ3) is 2.66. The van der Waals surface area contributed by atoms with Crippen LogP contribution < -0.4 is 4.74 Å². The number of carboxylic acids is 1. The molecule has 1 aromatic carbocycles. The standard InChI is InChI=1S/C12H10Br2N2O3/c1-6-3-9(12(17)18)15-16(6)10-5-11(19-2)8(14)4-7(10)13/h3-5H,1-2H3,(H,17,18). The van der Waals surface area contributed by atoms with E-state index in [1.54, 1.807) is 24.8 Å². The lowest BCUT2D eigenvalue weighted by molar-refractivity contribution is 0.0690. The van der Waals surface area contributed by atoms with Crippen LogP contribution in [0.4, 0.5) is 0 Å². The zero-order chi connectivity index (χ0) is 14.2. The van der Waals surface area contributed by atoms with Crippen LogP contribution in [0.5, 0.6) is 5.75 Å². The second-order valence-electron chi connectivity index (χ2n) is 3.83. The minimum atomic E-state index is -1.05. The van der Waals surface area contributed by atoms with Crippen LogP contribution >= 0.6 is 31.9 Å². The number of carbonyl (C=O) groups is 1. The molecule has 0 aliphatic carbocycles. The van der Waals surface area contributed by atoms with Crippen molar-refractivity contribution in [2.24, 2.45) is 0 Å². The van der Waals surface area contributed by atoms with Gasteiger partial charge in [-0.05, 0) is 50.9 Å². The highest BCUT2D eigenvalue weighted by molar-refractivity contribution is 9.11. The summed E-state index contributed by atoms with van der Waals surface area (Å²) in [6.07, 6.45) is 0. The first-order valence-electron chi connectivity index (χ1n) is 5.27. The Labute approximate surface area is 126 Å². The maximum absolute atomic E-state index is 10.9. The third-order valence-electron chi connectivity index (χ3n) is 2.56. The number of halogens is 2. The van der Waals surface area contributed by atoms with E-state index < -0.39 is 5.97 Å². The lowest BCUT2D eigenvalue weighted by Gasteiger charge is -2.10. The summed E-state index contributed by atoms with van der Waals surface area (Å²) < 4.78 is 8.37. The van der Waals surface area contributed by atoms with E-state index in [9.17, 15) is 4.79 Å². The molecule has 2 aromatic rings. The van der Waals surface area contributed by atoms with Gasteiger partial charge in [-0.25, -0.2) is 9.48 Å². The highest BCUT2D eigenvalue weighted by Crippen LogP contribution is 2.33. The van der Waals surface area contributed by atoms with Crippen molar-refractivity contribution >= 4 is 37.8 Å². The van der Waals surface area contributed by atoms with Crippen molar-refractivity contribution in [2.75, 3.05) is 7.11 Å². The SMILES string of the molecule is COc1cc(-n2nc(C(=O)O)cc2C)c(Br)cc1Br. The molecule has 5 nitrogen and oxygen atoms in total. The monoisotopic (exact) mass is 388 g/mol. The lowest BCUT2D eigenvalue weighted by atomic mass is 10.3. The average molecular weight is 390 g/mol. The Hall–Kier alpha value is -1.34. The number of benzene rings is 1. The van der Waals surface area contributed by atoms with E-state index in [4.69, 9.17) is 9.84 Å². The molecular formula is C12H10Br2N2O3. The second kappa shape index (κ2) is 5.34. The molecule has 0 aliphatic rings. The van der Waals surface area contributed by atoms with Gasteiger partial charge in [0.05, 0.1) is 17.3 Å². The summed E-state index contributed by atoms with van der Waals surface area (Å²) in [5.41, 5.74) is 1.44. The number of aryl methyl sites for hydroxylation is 1. The minimum absolute atomic E-state index is 0.00582. The summed E-state index contributed by atoms with van der Waals surface area (Å²) in [6, 6.07) is 5.12. The summed E-state index contributed by atoms with van der Waals surface area (Å²) in [4.78, 5) is 10.9. The number of aromatic carboxylic acids is 1. The van der Waals surface area contributed by atoms with Crippen LogP contribution in [0.1, 0.15) is 16.2 Å². The fraction of sp³-hybridized carbons (Fsp3) is 0.167. The van der Waals surface area contributed by atoms with Crippen LogP contribution in [0, 0.1) is 6.92 Å². The minimum Gasteiger partial charge on any atom is -0.495 e. The molecule has 0 radical (unpaired) electrons. The van der Waals surface area contributed by atoms with Crippen molar-refractivity contribution in [3.63, 3.8) is 0 Å². The summed E-state index contributed by atoms with van der Waals surface area (Å²) in [7, 11) is 1.57. The van der Waals surface area contributed by atoms with Crippen LogP contribution in [-0.2, 0) is 0 Å². The van der Waals surface area contributed by atoms with E-state index >= 15 is 0 Å². The van der Waals surface area contributed by atoms with Crippen molar-refractivity contribution in [3.05, 3.63) is 38.5 Å². The number of rotatable bonds is 3. The number of hydrogen-bond donors (Lipinski definition) is 1. The zero-order valence-corrected chi connectivity index (χ0v) is 13.3. The maximum atomic E-state index is 10.9. The van der Waals surface area contributed by atoms with Crippen LogP contribution in [0.3, 0.4) is 0 Å². The molecule has 0 amide bonds. The summed E-state index contributed by atoms with van der Waals surface area (Å²) in [6.45, 7) is 1.79. The maximum Gasteiger partial charge on any atom is 0.356 e. The molecule has 0 saturated heterocycles. The van der Waals surface area contributed by atoms with Crippen molar-refractivity contribution < 1.29 is 14.6 Å². The number of hydrogen-bond acceptors (Lipinski definition) is 3. The molecule has 0 fully saturated rings. The average Bonchev–Trinajstić information content (AvgIpc) is 2.72. The fourth-order valence-corrected chi connectivity index (χ4v) is 2.98. The molecule has 1 heterocycles. The Bertz CT molecular complexity index is 653. The first-order chi connectivity index (χ1) is 8.93. The van der Waals surface area contributed by atoms with Gasteiger partial charge in [0.1, 0.15) is 5.75 Å². The predicted octanol–water partition coefficient (Wildman–Crippen LogP) is 3.41. The van der Waals surface area contributed by atoms with Crippen LogP contribution in [-0.4, -0.2) is 28.0 Å². The van der Waals surface area contributed by atoms with E-state index in [1.165, 1.54) is 6.07 Å². The van der Waals surface area contributed by atoms with Gasteiger partial charge in [0.2, 0.25) is 0 Å². The molecule has 2 rings (SSSR count). The van der Waals surface area contributed by atoms with Crippen molar-refractivity contribution in [2.45, 2.75) is 6.92 Å². The van der Waals surface area contributed by atoms with E-state index in [2.05, 4.69) is 37.0 Å². The van der Waals surface area contributed by atoms with Gasteiger partial charge in [-0.2, -0.15) is 5.10 Å². The van der Waals surface area contributed by atoms with Gasteiger partial charge in [-0.1, -0.05) is 0 Å². The van der Waals surface area contributed by atoms with Crippen molar-refractivity contribution in [3.8, 4) is 11.4 Å². The molecule has 0 aliphatic heterocycles. The highest BCUT2D eigenvalue weighted by atomic mass is 79.9. The molecule has 1 aromatic heterocycles. The highest BCUT2D eigenvalue weighted by Gasteiger charge is 2.15. The van der Waals surface area contributed by atoms with Crippen molar-refractivity contribution in [1.82, 2.24) is 9.78 Å². The summed E-state index contributed by atoms with van der Waals surface area (Å²) in [5, 5.41) is 13.0. The number of ether oxygens (including phenoxy) is 1. The lowest BCUT2D eigenvalue weighted by Crippen LogP contribution is -2.03. The van der Waals surface area contributed by atoms with Gasteiger partial charge in [0, 0.05) is 16.2 Å². The molecule has 1 N–H and O–H groups in total. The molecule has 100 valence electrons. The number of methoxy groups -OCH3 is 1. The summed E-state index contributed by atoms with van der Waals surface area (Å²) >= 11 is 6.82. The van der Waals surface area contributed by atoms with Gasteiger partial charge in [0.15, 0.2) is 5.69 Å². The first kappa shape index (κ1) is 14.1. The zero-order valence-electron chi connectivity index (χ0n) is 10.1. The molecular weight excluding hydrogens is 380 g/mol.